The highest BCUT2D eigenvalue weighted by Gasteiger charge is 2.23. The standard InChI is InChI=1S/C9H15ClO3/c1-3-13-9(12)8(7(2)11)5-4-6-10/h8H,3-6H2,1-2H3. The Labute approximate surface area is 83.4 Å². The molecule has 76 valence electrons. The van der Waals surface area contributed by atoms with E-state index in [0.29, 0.717) is 25.3 Å². The molecule has 0 radical (unpaired) electrons. The van der Waals surface area contributed by atoms with Crippen LogP contribution in [0.2, 0.25) is 0 Å². The summed E-state index contributed by atoms with van der Waals surface area (Å²) in [5.41, 5.74) is 0. The number of halogens is 1. The molecule has 0 spiro atoms. The summed E-state index contributed by atoms with van der Waals surface area (Å²) in [6.07, 6.45) is 1.14. The lowest BCUT2D eigenvalue weighted by Gasteiger charge is -2.10. The van der Waals surface area contributed by atoms with E-state index in [1.54, 1.807) is 6.92 Å². The van der Waals surface area contributed by atoms with Crippen LogP contribution in [0, 0.1) is 5.92 Å². The smallest absolute Gasteiger partial charge is 0.316 e. The third-order valence-corrected chi connectivity index (χ3v) is 1.96. The minimum atomic E-state index is -0.626. The number of ether oxygens (including phenoxy) is 1. The normalized spacial score (nSPS) is 12.2. The third kappa shape index (κ3) is 4.88. The van der Waals surface area contributed by atoms with Crippen LogP contribution in [0.4, 0.5) is 0 Å². The second-order valence-electron chi connectivity index (χ2n) is 2.75. The highest BCUT2D eigenvalue weighted by atomic mass is 35.5. The first kappa shape index (κ1) is 12.4. The van der Waals surface area contributed by atoms with Crippen molar-refractivity contribution in [3.63, 3.8) is 0 Å². The van der Waals surface area contributed by atoms with Gasteiger partial charge >= 0.3 is 5.97 Å². The predicted molar refractivity (Wildman–Crippen MR) is 50.8 cm³/mol. The maximum Gasteiger partial charge on any atom is 0.316 e. The second-order valence-corrected chi connectivity index (χ2v) is 3.12. The number of esters is 1. The number of alkyl halides is 1. The molecule has 0 heterocycles. The zero-order chi connectivity index (χ0) is 10.3. The van der Waals surface area contributed by atoms with E-state index in [0.717, 1.165) is 0 Å². The second kappa shape index (κ2) is 6.89. The lowest BCUT2D eigenvalue weighted by Crippen LogP contribution is -2.24. The van der Waals surface area contributed by atoms with Gasteiger partial charge in [-0.1, -0.05) is 0 Å². The van der Waals surface area contributed by atoms with Crippen LogP contribution in [0.5, 0.6) is 0 Å². The lowest BCUT2D eigenvalue weighted by molar-refractivity contribution is -0.151. The first-order valence-corrected chi connectivity index (χ1v) is 4.90. The molecule has 1 unspecified atom stereocenters. The maximum atomic E-state index is 11.2. The Bertz CT molecular complexity index is 180. The highest BCUT2D eigenvalue weighted by molar-refractivity contribution is 6.17. The summed E-state index contributed by atoms with van der Waals surface area (Å²) < 4.78 is 4.76. The largest absolute Gasteiger partial charge is 0.465 e. The van der Waals surface area contributed by atoms with Gasteiger partial charge in [0.1, 0.15) is 11.7 Å². The summed E-state index contributed by atoms with van der Waals surface area (Å²) in [6, 6.07) is 0. The number of Topliss-reactive ketones (excluding diaryl/α,β-unsaturated/α-hetero) is 1. The summed E-state index contributed by atoms with van der Waals surface area (Å²) in [6.45, 7) is 3.43. The van der Waals surface area contributed by atoms with Crippen molar-refractivity contribution >= 4 is 23.4 Å². The van der Waals surface area contributed by atoms with Gasteiger partial charge in [0.05, 0.1) is 6.61 Å². The zero-order valence-corrected chi connectivity index (χ0v) is 8.76. The molecule has 0 amide bonds. The van der Waals surface area contributed by atoms with Gasteiger partial charge in [0.15, 0.2) is 0 Å². The summed E-state index contributed by atoms with van der Waals surface area (Å²) in [5, 5.41) is 0. The highest BCUT2D eigenvalue weighted by Crippen LogP contribution is 2.10. The molecule has 0 aromatic rings. The van der Waals surface area contributed by atoms with Crippen LogP contribution >= 0.6 is 11.6 Å². The number of ketones is 1. The third-order valence-electron chi connectivity index (χ3n) is 1.69. The fraction of sp³-hybridized carbons (Fsp3) is 0.778. The van der Waals surface area contributed by atoms with Gasteiger partial charge in [-0.25, -0.2) is 0 Å². The monoisotopic (exact) mass is 206 g/mol. The van der Waals surface area contributed by atoms with Crippen molar-refractivity contribution in [1.82, 2.24) is 0 Å². The van der Waals surface area contributed by atoms with Crippen LogP contribution < -0.4 is 0 Å². The Morgan fingerprint density at radius 3 is 2.46 bits per heavy atom. The SMILES string of the molecule is CCOC(=O)C(CCCCl)C(C)=O. The van der Waals surface area contributed by atoms with E-state index in [2.05, 4.69) is 0 Å². The van der Waals surface area contributed by atoms with Gasteiger partial charge in [0, 0.05) is 5.88 Å². The molecule has 3 nitrogen and oxygen atoms in total. The molecular formula is C9H15ClO3. The first-order chi connectivity index (χ1) is 6.13. The van der Waals surface area contributed by atoms with Gasteiger partial charge in [-0.15, -0.1) is 11.6 Å². The van der Waals surface area contributed by atoms with Crippen LogP contribution in [0.25, 0.3) is 0 Å². The van der Waals surface area contributed by atoms with Gasteiger partial charge < -0.3 is 4.74 Å². The van der Waals surface area contributed by atoms with Crippen LogP contribution in [-0.2, 0) is 14.3 Å². The van der Waals surface area contributed by atoms with Crippen LogP contribution in [0.15, 0.2) is 0 Å². The molecule has 0 bridgehead atoms. The van der Waals surface area contributed by atoms with Gasteiger partial charge in [0.2, 0.25) is 0 Å². The summed E-state index contributed by atoms with van der Waals surface area (Å²) in [5.74, 6) is -0.745. The Balaban J connectivity index is 4.07. The average Bonchev–Trinajstić information content (AvgIpc) is 2.05. The molecule has 0 aromatic carbocycles. The lowest BCUT2D eigenvalue weighted by atomic mass is 10.00. The van der Waals surface area contributed by atoms with Crippen molar-refractivity contribution < 1.29 is 14.3 Å². The van der Waals surface area contributed by atoms with Crippen molar-refractivity contribution in [1.29, 1.82) is 0 Å². The van der Waals surface area contributed by atoms with Gasteiger partial charge in [0.25, 0.3) is 0 Å². The minimum Gasteiger partial charge on any atom is -0.465 e. The Kier molecular flexibility index (Phi) is 6.59. The van der Waals surface area contributed by atoms with Crippen molar-refractivity contribution in [3.05, 3.63) is 0 Å². The molecule has 0 saturated carbocycles. The summed E-state index contributed by atoms with van der Waals surface area (Å²) in [7, 11) is 0. The average molecular weight is 207 g/mol. The molecule has 0 N–H and O–H groups in total. The van der Waals surface area contributed by atoms with Crippen molar-refractivity contribution in [2.24, 2.45) is 5.92 Å². The maximum absolute atomic E-state index is 11.2. The molecule has 0 saturated heterocycles. The minimum absolute atomic E-state index is 0.149. The Hall–Kier alpha value is -0.570. The molecule has 0 aliphatic rings. The summed E-state index contributed by atoms with van der Waals surface area (Å²) in [4.78, 5) is 22.2. The number of carbonyl (C=O) groups is 2. The molecule has 0 aliphatic heterocycles. The van der Waals surface area contributed by atoms with Gasteiger partial charge in [-0.2, -0.15) is 0 Å². The van der Waals surface area contributed by atoms with Crippen LogP contribution in [0.3, 0.4) is 0 Å². The molecule has 4 heteroatoms. The summed E-state index contributed by atoms with van der Waals surface area (Å²) >= 11 is 5.47. The Morgan fingerprint density at radius 1 is 1.46 bits per heavy atom. The quantitative estimate of drug-likeness (QED) is 0.378. The predicted octanol–water partition coefficient (Wildman–Crippen LogP) is 1.77. The topological polar surface area (TPSA) is 43.4 Å². The number of hydrogen-bond acceptors (Lipinski definition) is 3. The number of rotatable bonds is 6. The molecule has 0 fully saturated rings. The fourth-order valence-electron chi connectivity index (χ4n) is 1.01. The van der Waals surface area contributed by atoms with Crippen molar-refractivity contribution in [2.75, 3.05) is 12.5 Å². The first-order valence-electron chi connectivity index (χ1n) is 4.36. The van der Waals surface area contributed by atoms with Crippen molar-refractivity contribution in [3.8, 4) is 0 Å². The Morgan fingerprint density at radius 2 is 2.08 bits per heavy atom. The van der Waals surface area contributed by atoms with Gasteiger partial charge in [-0.05, 0) is 26.7 Å². The molecular weight excluding hydrogens is 192 g/mol. The van der Waals surface area contributed by atoms with Crippen LogP contribution in [0.1, 0.15) is 26.7 Å². The van der Waals surface area contributed by atoms with E-state index in [4.69, 9.17) is 16.3 Å². The van der Waals surface area contributed by atoms with E-state index in [1.807, 2.05) is 0 Å². The van der Waals surface area contributed by atoms with E-state index in [9.17, 15) is 9.59 Å². The number of carbonyl (C=O) groups excluding carboxylic acids is 2. The zero-order valence-electron chi connectivity index (χ0n) is 8.01. The van der Waals surface area contributed by atoms with Crippen LogP contribution in [-0.4, -0.2) is 24.2 Å². The fourth-order valence-corrected chi connectivity index (χ4v) is 1.17. The van der Waals surface area contributed by atoms with Gasteiger partial charge in [-0.3, -0.25) is 9.59 Å². The molecule has 0 aliphatic carbocycles. The van der Waals surface area contributed by atoms with Crippen molar-refractivity contribution in [2.45, 2.75) is 26.7 Å². The molecule has 1 atom stereocenters. The molecule has 13 heavy (non-hydrogen) atoms. The van der Waals surface area contributed by atoms with E-state index < -0.39 is 11.9 Å². The van der Waals surface area contributed by atoms with E-state index in [1.165, 1.54) is 6.92 Å². The molecule has 0 aromatic heterocycles. The molecule has 0 rings (SSSR count). The van der Waals surface area contributed by atoms with E-state index >= 15 is 0 Å². The van der Waals surface area contributed by atoms with E-state index in [-0.39, 0.29) is 5.78 Å². The number of hydrogen-bond donors (Lipinski definition) is 0.